The minimum Gasteiger partial charge on any atom is -0.495 e. The molecule has 0 fully saturated rings. The van der Waals surface area contributed by atoms with Crippen LogP contribution in [-0.4, -0.2) is 55.8 Å². The van der Waals surface area contributed by atoms with Crippen LogP contribution in [0, 0.1) is 0 Å². The summed E-state index contributed by atoms with van der Waals surface area (Å²) in [6, 6.07) is 4.82. The molecule has 0 aliphatic heterocycles. The van der Waals surface area contributed by atoms with E-state index in [1.807, 2.05) is 19.0 Å². The maximum Gasteiger partial charge on any atom is 0.251 e. The zero-order chi connectivity index (χ0) is 15.3. The van der Waals surface area contributed by atoms with Crippen LogP contribution in [0.15, 0.2) is 18.2 Å². The Morgan fingerprint density at radius 1 is 1.50 bits per heavy atom. The van der Waals surface area contributed by atoms with Gasteiger partial charge in [0.1, 0.15) is 5.75 Å². The van der Waals surface area contributed by atoms with Crippen molar-refractivity contribution in [1.82, 2.24) is 10.2 Å². The van der Waals surface area contributed by atoms with Gasteiger partial charge in [0, 0.05) is 18.7 Å². The number of hydrogen-bond acceptors (Lipinski definition) is 5. The van der Waals surface area contributed by atoms with Crippen LogP contribution in [-0.2, 0) is 0 Å². The maximum absolute atomic E-state index is 12.0. The third-order valence-corrected chi connectivity index (χ3v) is 2.78. The van der Waals surface area contributed by atoms with Crippen LogP contribution >= 0.6 is 0 Å². The zero-order valence-corrected chi connectivity index (χ0v) is 12.4. The van der Waals surface area contributed by atoms with E-state index in [1.165, 1.54) is 7.11 Å². The van der Waals surface area contributed by atoms with Gasteiger partial charge in [0.15, 0.2) is 0 Å². The van der Waals surface area contributed by atoms with Gasteiger partial charge in [-0.1, -0.05) is 0 Å². The predicted molar refractivity (Wildman–Crippen MR) is 78.9 cm³/mol. The highest BCUT2D eigenvalue weighted by molar-refractivity contribution is 5.95. The summed E-state index contributed by atoms with van der Waals surface area (Å²) in [7, 11) is 5.24. The summed E-state index contributed by atoms with van der Waals surface area (Å²) in [4.78, 5) is 13.9. The fourth-order valence-electron chi connectivity index (χ4n) is 1.99. The van der Waals surface area contributed by atoms with Crippen molar-refractivity contribution in [2.24, 2.45) is 0 Å². The molecule has 1 aromatic rings. The van der Waals surface area contributed by atoms with Gasteiger partial charge in [-0.05, 0) is 39.2 Å². The lowest BCUT2D eigenvalue weighted by Gasteiger charge is -2.27. The smallest absolute Gasteiger partial charge is 0.251 e. The number of amides is 1. The quantitative estimate of drug-likeness (QED) is 0.654. The summed E-state index contributed by atoms with van der Waals surface area (Å²) in [5.41, 5.74) is 5.60. The van der Waals surface area contributed by atoms with E-state index in [2.05, 4.69) is 5.32 Å². The Morgan fingerprint density at radius 2 is 2.15 bits per heavy atom. The monoisotopic (exact) mass is 281 g/mol. The van der Waals surface area contributed by atoms with Crippen LogP contribution in [0.3, 0.4) is 0 Å². The van der Waals surface area contributed by atoms with Crippen molar-refractivity contribution in [3.05, 3.63) is 23.8 Å². The summed E-state index contributed by atoms with van der Waals surface area (Å²) in [5, 5.41) is 12.8. The van der Waals surface area contributed by atoms with Crippen molar-refractivity contribution < 1.29 is 14.6 Å². The molecule has 0 aliphatic carbocycles. The Bertz CT molecular complexity index is 473. The molecule has 0 bridgehead atoms. The van der Waals surface area contributed by atoms with E-state index in [9.17, 15) is 9.90 Å². The van der Waals surface area contributed by atoms with Gasteiger partial charge < -0.3 is 25.8 Å². The molecule has 0 radical (unpaired) electrons. The van der Waals surface area contributed by atoms with E-state index in [0.717, 1.165) is 0 Å². The van der Waals surface area contributed by atoms with Crippen LogP contribution in [0.5, 0.6) is 5.75 Å². The third kappa shape index (κ3) is 4.71. The second-order valence-corrected chi connectivity index (χ2v) is 5.37. The maximum atomic E-state index is 12.0. The molecule has 0 saturated carbocycles. The van der Waals surface area contributed by atoms with E-state index in [1.54, 1.807) is 25.1 Å². The number of aliphatic hydroxyl groups is 1. The summed E-state index contributed by atoms with van der Waals surface area (Å²) < 4.78 is 5.04. The zero-order valence-electron chi connectivity index (χ0n) is 12.4. The Labute approximate surface area is 119 Å². The van der Waals surface area contributed by atoms with E-state index in [-0.39, 0.29) is 12.5 Å². The lowest BCUT2D eigenvalue weighted by Crippen LogP contribution is -2.47. The molecule has 6 nitrogen and oxygen atoms in total. The Morgan fingerprint density at radius 3 is 2.65 bits per heavy atom. The lowest BCUT2D eigenvalue weighted by atomic mass is 10.1. The number of methoxy groups -OCH3 is 1. The average molecular weight is 281 g/mol. The molecule has 4 N–H and O–H groups in total. The topological polar surface area (TPSA) is 87.8 Å². The minimum atomic E-state index is -0.989. The van der Waals surface area contributed by atoms with Gasteiger partial charge in [-0.2, -0.15) is 0 Å². The first kappa shape index (κ1) is 16.3. The molecule has 1 atom stereocenters. The molecular weight excluding hydrogens is 258 g/mol. The van der Waals surface area contributed by atoms with Crippen molar-refractivity contribution in [3.8, 4) is 5.75 Å². The number of rotatable bonds is 6. The molecule has 1 unspecified atom stereocenters. The highest BCUT2D eigenvalue weighted by Crippen LogP contribution is 2.21. The standard InChI is InChI=1S/C14H23N3O3/c1-14(19,9-17(2)3)8-16-13(18)10-5-6-12(20-4)11(15)7-10/h5-7,19H,8-9,15H2,1-4H3,(H,16,18). The first-order valence-corrected chi connectivity index (χ1v) is 6.34. The molecule has 1 aromatic carbocycles. The van der Waals surface area contributed by atoms with E-state index < -0.39 is 5.60 Å². The van der Waals surface area contributed by atoms with Crippen molar-refractivity contribution in [2.45, 2.75) is 12.5 Å². The van der Waals surface area contributed by atoms with Gasteiger partial charge >= 0.3 is 0 Å². The molecule has 6 heteroatoms. The fraction of sp³-hybridized carbons (Fsp3) is 0.500. The van der Waals surface area contributed by atoms with E-state index >= 15 is 0 Å². The molecule has 20 heavy (non-hydrogen) atoms. The van der Waals surface area contributed by atoms with E-state index in [4.69, 9.17) is 10.5 Å². The normalized spacial score (nSPS) is 13.9. The van der Waals surface area contributed by atoms with Gasteiger partial charge in [-0.15, -0.1) is 0 Å². The molecule has 1 amide bonds. The number of hydrogen-bond donors (Lipinski definition) is 3. The van der Waals surface area contributed by atoms with E-state index in [0.29, 0.717) is 23.5 Å². The lowest BCUT2D eigenvalue weighted by molar-refractivity contribution is 0.0326. The molecule has 0 heterocycles. The molecule has 112 valence electrons. The second-order valence-electron chi connectivity index (χ2n) is 5.37. The first-order valence-electron chi connectivity index (χ1n) is 6.34. The SMILES string of the molecule is COc1ccc(C(=O)NCC(C)(O)CN(C)C)cc1N. The number of anilines is 1. The summed E-state index contributed by atoms with van der Waals surface area (Å²) in [5.74, 6) is 0.250. The number of nitrogens with zero attached hydrogens (tertiary/aromatic N) is 1. The average Bonchev–Trinajstić information content (AvgIpc) is 2.34. The van der Waals surface area contributed by atoms with Crippen molar-refractivity contribution in [2.75, 3.05) is 40.0 Å². The largest absolute Gasteiger partial charge is 0.495 e. The predicted octanol–water partition coefficient (Wildman–Crippen LogP) is 0.320. The Hall–Kier alpha value is -1.79. The van der Waals surface area contributed by atoms with Crippen molar-refractivity contribution >= 4 is 11.6 Å². The Balaban J connectivity index is 2.65. The number of ether oxygens (including phenoxy) is 1. The third-order valence-electron chi connectivity index (χ3n) is 2.78. The molecule has 0 saturated heterocycles. The van der Waals surface area contributed by atoms with Gasteiger partial charge in [0.2, 0.25) is 0 Å². The van der Waals surface area contributed by atoms with Gasteiger partial charge in [0.25, 0.3) is 5.91 Å². The number of carbonyl (C=O) groups excluding carboxylic acids is 1. The number of nitrogen functional groups attached to an aromatic ring is 1. The van der Waals surface area contributed by atoms with Gasteiger partial charge in [-0.3, -0.25) is 4.79 Å². The van der Waals surface area contributed by atoms with Crippen LogP contribution in [0.1, 0.15) is 17.3 Å². The number of nitrogens with one attached hydrogen (secondary N) is 1. The highest BCUT2D eigenvalue weighted by atomic mass is 16.5. The van der Waals surface area contributed by atoms with Crippen molar-refractivity contribution in [3.63, 3.8) is 0 Å². The second kappa shape index (κ2) is 6.58. The van der Waals surface area contributed by atoms with Gasteiger partial charge in [-0.25, -0.2) is 0 Å². The molecule has 0 spiro atoms. The Kier molecular flexibility index (Phi) is 5.35. The number of carbonyl (C=O) groups is 1. The van der Waals surface area contributed by atoms with Crippen LogP contribution in [0.4, 0.5) is 5.69 Å². The number of benzene rings is 1. The summed E-state index contributed by atoms with van der Waals surface area (Å²) >= 11 is 0. The first-order chi connectivity index (χ1) is 9.25. The summed E-state index contributed by atoms with van der Waals surface area (Å²) in [6.45, 7) is 2.30. The van der Waals surface area contributed by atoms with Crippen LogP contribution in [0.2, 0.25) is 0 Å². The number of likely N-dealkylation sites (N-methyl/N-ethyl adjacent to an activating group) is 1. The molecule has 0 aromatic heterocycles. The van der Waals surface area contributed by atoms with Crippen molar-refractivity contribution in [1.29, 1.82) is 0 Å². The number of nitrogens with two attached hydrogens (primary N) is 1. The molecule has 1 rings (SSSR count). The van der Waals surface area contributed by atoms with Gasteiger partial charge in [0.05, 0.1) is 18.4 Å². The molecule has 0 aliphatic rings. The highest BCUT2D eigenvalue weighted by Gasteiger charge is 2.22. The minimum absolute atomic E-state index is 0.163. The van der Waals surface area contributed by atoms with Crippen LogP contribution in [0.25, 0.3) is 0 Å². The summed E-state index contributed by atoms with van der Waals surface area (Å²) in [6.07, 6.45) is 0. The van der Waals surface area contributed by atoms with Crippen LogP contribution < -0.4 is 15.8 Å². The fourth-order valence-corrected chi connectivity index (χ4v) is 1.99. The molecular formula is C14H23N3O3.